The average Bonchev–Trinajstić information content (AvgIpc) is 2.37. The summed E-state index contributed by atoms with van der Waals surface area (Å²) in [6, 6.07) is 9.67. The fourth-order valence-electron chi connectivity index (χ4n) is 2.02. The molecule has 0 saturated heterocycles. The van der Waals surface area contributed by atoms with Crippen molar-refractivity contribution in [3.8, 4) is 0 Å². The lowest BCUT2D eigenvalue weighted by Crippen LogP contribution is -2.31. The van der Waals surface area contributed by atoms with Crippen molar-refractivity contribution in [1.82, 2.24) is 0 Å². The summed E-state index contributed by atoms with van der Waals surface area (Å²) in [4.78, 5) is 23.3. The molecule has 0 aromatic heterocycles. The molecule has 1 rings (SSSR count). The Morgan fingerprint density at radius 2 is 1.90 bits per heavy atom. The number of hydrogen-bond acceptors (Lipinski definition) is 4. The Labute approximate surface area is 130 Å². The number of carbonyl (C=O) groups is 2. The van der Waals surface area contributed by atoms with Crippen LogP contribution in [0.2, 0.25) is 0 Å². The van der Waals surface area contributed by atoms with Crippen LogP contribution in [0.4, 0.5) is 0 Å². The van der Waals surface area contributed by atoms with E-state index < -0.39 is 17.7 Å². The molecule has 1 atom stereocenters. The molecule has 0 heterocycles. The van der Waals surface area contributed by atoms with Crippen LogP contribution < -0.4 is 0 Å². The summed E-state index contributed by atoms with van der Waals surface area (Å²) in [5, 5.41) is 9.26. The molecule has 0 unspecified atom stereocenters. The molecule has 4 nitrogen and oxygen atoms in total. The topological polar surface area (TPSA) is 63.6 Å². The van der Waals surface area contributed by atoms with E-state index in [1.54, 1.807) is 13.8 Å². The normalized spacial score (nSPS) is 12.8. The molecule has 116 valence electrons. The van der Waals surface area contributed by atoms with Crippen LogP contribution in [0.15, 0.2) is 30.3 Å². The van der Waals surface area contributed by atoms with Crippen molar-refractivity contribution in [3.63, 3.8) is 0 Å². The second-order valence-corrected chi connectivity index (χ2v) is 5.93. The molecule has 1 N–H and O–H groups in total. The third-order valence-corrected chi connectivity index (χ3v) is 3.20. The van der Waals surface area contributed by atoms with Crippen LogP contribution in [0.3, 0.4) is 0 Å². The van der Waals surface area contributed by atoms with Crippen molar-refractivity contribution in [2.24, 2.45) is 0 Å². The predicted molar refractivity (Wildman–Crippen MR) is 81.3 cm³/mol. The van der Waals surface area contributed by atoms with Crippen molar-refractivity contribution in [3.05, 3.63) is 35.9 Å². The Balaban J connectivity index is 2.47. The Kier molecular flexibility index (Phi) is 6.85. The molecule has 5 heteroatoms. The summed E-state index contributed by atoms with van der Waals surface area (Å²) >= 11 is 5.41. The van der Waals surface area contributed by atoms with Crippen molar-refractivity contribution in [2.75, 3.05) is 5.88 Å². The molecule has 0 amide bonds. The van der Waals surface area contributed by atoms with Gasteiger partial charge in [-0.3, -0.25) is 9.59 Å². The minimum absolute atomic E-state index is 0.0275. The third-order valence-electron chi connectivity index (χ3n) is 2.85. The van der Waals surface area contributed by atoms with E-state index in [-0.39, 0.29) is 24.5 Å². The van der Waals surface area contributed by atoms with E-state index in [0.29, 0.717) is 6.42 Å². The molecular weight excluding hydrogens is 292 g/mol. The average molecular weight is 313 g/mol. The van der Waals surface area contributed by atoms with E-state index in [0.717, 1.165) is 5.56 Å². The molecule has 21 heavy (non-hydrogen) atoms. The van der Waals surface area contributed by atoms with E-state index in [4.69, 9.17) is 16.3 Å². The van der Waals surface area contributed by atoms with Gasteiger partial charge in [-0.2, -0.15) is 0 Å². The number of carbonyl (C=O) groups excluding carboxylic acids is 2. The lowest BCUT2D eigenvalue weighted by Gasteiger charge is -2.25. The van der Waals surface area contributed by atoms with E-state index in [1.165, 1.54) is 0 Å². The van der Waals surface area contributed by atoms with Gasteiger partial charge in [0.05, 0.1) is 6.10 Å². The summed E-state index contributed by atoms with van der Waals surface area (Å²) in [5.41, 5.74) is 0.364. The number of alkyl halides is 1. The highest BCUT2D eigenvalue weighted by Gasteiger charge is 2.25. The number of aliphatic hydroxyl groups excluding tert-OH is 1. The molecule has 0 saturated carbocycles. The molecule has 0 bridgehead atoms. The molecule has 0 spiro atoms. The molecule has 0 radical (unpaired) electrons. The van der Waals surface area contributed by atoms with Gasteiger partial charge in [0.2, 0.25) is 0 Å². The van der Waals surface area contributed by atoms with Gasteiger partial charge in [0.1, 0.15) is 17.8 Å². The maximum Gasteiger partial charge on any atom is 0.313 e. The summed E-state index contributed by atoms with van der Waals surface area (Å²) < 4.78 is 5.35. The second kappa shape index (κ2) is 8.15. The smallest absolute Gasteiger partial charge is 0.313 e. The molecule has 0 aliphatic heterocycles. The zero-order chi connectivity index (χ0) is 15.9. The van der Waals surface area contributed by atoms with Gasteiger partial charge < -0.3 is 9.84 Å². The first-order valence-corrected chi connectivity index (χ1v) is 7.37. The third kappa shape index (κ3) is 7.25. The molecule has 0 aliphatic carbocycles. The number of aliphatic hydroxyl groups is 1. The highest BCUT2D eigenvalue weighted by Crippen LogP contribution is 2.18. The largest absolute Gasteiger partial charge is 0.459 e. The van der Waals surface area contributed by atoms with E-state index in [1.807, 2.05) is 30.3 Å². The van der Waals surface area contributed by atoms with Crippen LogP contribution in [0.25, 0.3) is 0 Å². The number of hydrogen-bond donors (Lipinski definition) is 1. The molecule has 1 aromatic carbocycles. The van der Waals surface area contributed by atoms with Crippen molar-refractivity contribution < 1.29 is 19.4 Å². The van der Waals surface area contributed by atoms with Gasteiger partial charge in [0.25, 0.3) is 0 Å². The van der Waals surface area contributed by atoms with Gasteiger partial charge in [-0.15, -0.1) is 11.6 Å². The van der Waals surface area contributed by atoms with Gasteiger partial charge in [-0.1, -0.05) is 30.3 Å². The standard InChI is InChI=1S/C16H21ClO4/c1-16(2,10-12-6-4-3-5-7-12)21-15(20)9-13(18)8-14(19)11-17/h3-7,14,19H,8-11H2,1-2H3/t14-/m0/s1. The number of ketones is 1. The summed E-state index contributed by atoms with van der Waals surface area (Å²) in [7, 11) is 0. The zero-order valence-corrected chi connectivity index (χ0v) is 13.1. The highest BCUT2D eigenvalue weighted by molar-refractivity contribution is 6.18. The molecule has 0 fully saturated rings. The van der Waals surface area contributed by atoms with Gasteiger partial charge >= 0.3 is 5.97 Å². The Bertz CT molecular complexity index is 470. The first kappa shape index (κ1) is 17.7. The molecule has 1 aromatic rings. The van der Waals surface area contributed by atoms with Crippen molar-refractivity contribution >= 4 is 23.4 Å². The van der Waals surface area contributed by atoms with E-state index >= 15 is 0 Å². The molecular formula is C16H21ClO4. The van der Waals surface area contributed by atoms with Crippen LogP contribution in [0, 0.1) is 0 Å². The lowest BCUT2D eigenvalue weighted by atomic mass is 9.98. The Morgan fingerprint density at radius 1 is 1.29 bits per heavy atom. The fourth-order valence-corrected chi connectivity index (χ4v) is 2.13. The minimum Gasteiger partial charge on any atom is -0.459 e. The maximum atomic E-state index is 11.8. The Hall–Kier alpha value is -1.39. The first-order valence-electron chi connectivity index (χ1n) is 6.84. The monoisotopic (exact) mass is 312 g/mol. The number of benzene rings is 1. The van der Waals surface area contributed by atoms with E-state index in [9.17, 15) is 14.7 Å². The maximum absolute atomic E-state index is 11.8. The van der Waals surface area contributed by atoms with Gasteiger partial charge in [-0.25, -0.2) is 0 Å². The highest BCUT2D eigenvalue weighted by atomic mass is 35.5. The number of esters is 1. The number of halogens is 1. The Morgan fingerprint density at radius 3 is 2.48 bits per heavy atom. The lowest BCUT2D eigenvalue weighted by molar-refractivity contribution is -0.157. The fraction of sp³-hybridized carbons (Fsp3) is 0.500. The van der Waals surface area contributed by atoms with Crippen LogP contribution in [0.1, 0.15) is 32.3 Å². The number of ether oxygens (including phenoxy) is 1. The summed E-state index contributed by atoms with van der Waals surface area (Å²) in [5.74, 6) is -0.980. The minimum atomic E-state index is -0.913. The molecule has 0 aliphatic rings. The summed E-state index contributed by atoms with van der Waals surface area (Å²) in [6.45, 7) is 3.60. The summed E-state index contributed by atoms with van der Waals surface area (Å²) in [6.07, 6.45) is -0.814. The van der Waals surface area contributed by atoms with Gasteiger partial charge in [0, 0.05) is 18.7 Å². The zero-order valence-electron chi connectivity index (χ0n) is 12.3. The second-order valence-electron chi connectivity index (χ2n) is 5.62. The van der Waals surface area contributed by atoms with E-state index in [2.05, 4.69) is 0 Å². The van der Waals surface area contributed by atoms with Crippen molar-refractivity contribution in [2.45, 2.75) is 44.8 Å². The number of Topliss-reactive ketones (excluding diaryl/α,β-unsaturated/α-hetero) is 1. The van der Waals surface area contributed by atoms with Crippen LogP contribution in [0.5, 0.6) is 0 Å². The predicted octanol–water partition coefficient (Wildman–Crippen LogP) is 2.50. The first-order chi connectivity index (χ1) is 9.82. The van der Waals surface area contributed by atoms with Crippen molar-refractivity contribution in [1.29, 1.82) is 0 Å². The van der Waals surface area contributed by atoms with Gasteiger partial charge in [-0.05, 0) is 19.4 Å². The SMILES string of the molecule is CC(C)(Cc1ccccc1)OC(=O)CC(=O)C[C@H](O)CCl. The van der Waals surface area contributed by atoms with Crippen LogP contribution >= 0.6 is 11.6 Å². The van der Waals surface area contributed by atoms with Crippen LogP contribution in [-0.4, -0.2) is 34.4 Å². The van der Waals surface area contributed by atoms with Gasteiger partial charge in [0.15, 0.2) is 0 Å². The van der Waals surface area contributed by atoms with Crippen LogP contribution in [-0.2, 0) is 20.7 Å². The quantitative estimate of drug-likeness (QED) is 0.455. The number of rotatable bonds is 8.